The highest BCUT2D eigenvalue weighted by Crippen LogP contribution is 2.40. The molecule has 0 fully saturated rings. The molecule has 5 aromatic rings. The van der Waals surface area contributed by atoms with Crippen molar-refractivity contribution in [2.24, 2.45) is 0 Å². The summed E-state index contributed by atoms with van der Waals surface area (Å²) in [5.41, 5.74) is 4.76. The van der Waals surface area contributed by atoms with E-state index < -0.39 is 0 Å². The zero-order valence-electron chi connectivity index (χ0n) is 13.8. The number of benzene rings is 3. The molecule has 2 aromatic heterocycles. The Morgan fingerprint density at radius 3 is 2.36 bits per heavy atom. The zero-order valence-corrected chi connectivity index (χ0v) is 14.6. The lowest BCUT2D eigenvalue weighted by molar-refractivity contribution is 1.14. The highest BCUT2D eigenvalue weighted by atomic mass is 32.2. The van der Waals surface area contributed by atoms with E-state index in [1.165, 1.54) is 43.7 Å². The van der Waals surface area contributed by atoms with Crippen molar-refractivity contribution < 1.29 is 0 Å². The minimum atomic E-state index is 1.06. The number of pyridine rings is 1. The van der Waals surface area contributed by atoms with Gasteiger partial charge in [-0.3, -0.25) is 0 Å². The van der Waals surface area contributed by atoms with Gasteiger partial charge in [0.05, 0.1) is 0 Å². The molecule has 0 saturated heterocycles. The molecule has 0 atom stereocenters. The molecule has 0 radical (unpaired) electrons. The monoisotopic (exact) mass is 340 g/mol. The van der Waals surface area contributed by atoms with Crippen LogP contribution in [0.15, 0.2) is 78.0 Å². The number of rotatable bonds is 2. The van der Waals surface area contributed by atoms with Crippen LogP contribution in [0.4, 0.5) is 0 Å². The molecule has 3 heteroatoms. The van der Waals surface area contributed by atoms with Crippen molar-refractivity contribution in [2.45, 2.75) is 5.03 Å². The summed E-state index contributed by atoms with van der Waals surface area (Å²) >= 11 is 1.69. The topological polar surface area (TPSA) is 28.7 Å². The second kappa shape index (κ2) is 5.64. The van der Waals surface area contributed by atoms with Gasteiger partial charge < -0.3 is 4.98 Å². The maximum atomic E-state index is 4.56. The number of aromatic amines is 1. The van der Waals surface area contributed by atoms with E-state index in [1.807, 2.05) is 12.3 Å². The minimum absolute atomic E-state index is 1.06. The summed E-state index contributed by atoms with van der Waals surface area (Å²) in [6.07, 6.45) is 3.94. The van der Waals surface area contributed by atoms with Crippen molar-refractivity contribution in [1.29, 1.82) is 0 Å². The second-order valence-electron chi connectivity index (χ2n) is 6.12. The van der Waals surface area contributed by atoms with E-state index in [2.05, 4.69) is 76.9 Å². The summed E-state index contributed by atoms with van der Waals surface area (Å²) in [6.45, 7) is 0. The van der Waals surface area contributed by atoms with Gasteiger partial charge in [-0.2, -0.15) is 0 Å². The molecular weight excluding hydrogens is 324 g/mol. The van der Waals surface area contributed by atoms with Gasteiger partial charge in [-0.25, -0.2) is 4.98 Å². The molecule has 25 heavy (non-hydrogen) atoms. The molecule has 3 aromatic carbocycles. The lowest BCUT2D eigenvalue weighted by Gasteiger charge is -2.11. The summed E-state index contributed by atoms with van der Waals surface area (Å²) < 4.78 is 0. The molecule has 0 aliphatic heterocycles. The largest absolute Gasteiger partial charge is 0.354 e. The number of nitrogens with one attached hydrogen (secondary N) is 1. The number of H-pyrrole nitrogens is 1. The van der Waals surface area contributed by atoms with Crippen LogP contribution in [-0.4, -0.2) is 16.2 Å². The first-order chi connectivity index (χ1) is 12.4. The first kappa shape index (κ1) is 14.6. The minimum Gasteiger partial charge on any atom is -0.354 e. The van der Waals surface area contributed by atoms with E-state index >= 15 is 0 Å². The van der Waals surface area contributed by atoms with Crippen LogP contribution in [0.3, 0.4) is 0 Å². The number of nitrogens with zero attached hydrogens (tertiary/aromatic N) is 1. The van der Waals surface area contributed by atoms with Crippen LogP contribution in [0, 0.1) is 0 Å². The summed E-state index contributed by atoms with van der Waals surface area (Å²) in [6, 6.07) is 23.6. The maximum Gasteiger partial charge on any atom is 0.104 e. The number of aromatic nitrogens is 2. The average molecular weight is 340 g/mol. The Morgan fingerprint density at radius 2 is 1.52 bits per heavy atom. The fraction of sp³-hybridized carbons (Fsp3) is 0.0455. The first-order valence-electron chi connectivity index (χ1n) is 8.28. The molecule has 5 rings (SSSR count). The van der Waals surface area contributed by atoms with Gasteiger partial charge in [-0.1, -0.05) is 48.5 Å². The first-order valence-corrected chi connectivity index (χ1v) is 9.51. The molecular formula is C22H16N2S. The molecule has 1 N–H and O–H groups in total. The number of hydrogen-bond acceptors (Lipinski definition) is 2. The van der Waals surface area contributed by atoms with Gasteiger partial charge in [0, 0.05) is 33.6 Å². The molecule has 0 amide bonds. The van der Waals surface area contributed by atoms with Crippen molar-refractivity contribution in [1.82, 2.24) is 9.97 Å². The summed E-state index contributed by atoms with van der Waals surface area (Å²) in [5, 5.41) is 6.18. The quantitative estimate of drug-likeness (QED) is 0.384. The zero-order chi connectivity index (χ0) is 16.8. The number of thioether (sulfide) groups is 1. The van der Waals surface area contributed by atoms with Crippen molar-refractivity contribution in [3.63, 3.8) is 0 Å². The molecule has 0 saturated carbocycles. The van der Waals surface area contributed by atoms with E-state index in [4.69, 9.17) is 0 Å². The van der Waals surface area contributed by atoms with Gasteiger partial charge in [0.1, 0.15) is 5.03 Å². The molecule has 2 heterocycles. The van der Waals surface area contributed by atoms with Crippen LogP contribution in [0.5, 0.6) is 0 Å². The van der Waals surface area contributed by atoms with E-state index in [0.29, 0.717) is 0 Å². The number of fused-ring (bicyclic) bond motifs is 5. The van der Waals surface area contributed by atoms with Crippen LogP contribution in [0.2, 0.25) is 0 Å². The second-order valence-corrected chi connectivity index (χ2v) is 6.92. The van der Waals surface area contributed by atoms with Crippen molar-refractivity contribution >= 4 is 44.3 Å². The van der Waals surface area contributed by atoms with E-state index in [-0.39, 0.29) is 0 Å². The molecule has 0 bridgehead atoms. The average Bonchev–Trinajstić information content (AvgIpc) is 3.06. The normalized spacial score (nSPS) is 11.6. The lowest BCUT2D eigenvalue weighted by atomic mass is 9.95. The third kappa shape index (κ3) is 2.16. The third-order valence-corrected chi connectivity index (χ3v) is 5.48. The maximum absolute atomic E-state index is 4.56. The fourth-order valence-corrected chi connectivity index (χ4v) is 4.26. The Labute approximate surface area is 149 Å². The Bertz CT molecular complexity index is 1240. The third-order valence-electron chi connectivity index (χ3n) is 4.77. The smallest absolute Gasteiger partial charge is 0.104 e. The molecule has 0 aliphatic carbocycles. The highest BCUT2D eigenvalue weighted by Gasteiger charge is 2.14. The Hall–Kier alpha value is -2.78. The van der Waals surface area contributed by atoms with Gasteiger partial charge in [0.2, 0.25) is 0 Å². The predicted molar refractivity (Wildman–Crippen MR) is 108 cm³/mol. The van der Waals surface area contributed by atoms with Crippen LogP contribution in [0.25, 0.3) is 43.7 Å². The van der Waals surface area contributed by atoms with Gasteiger partial charge in [-0.15, -0.1) is 11.8 Å². The summed E-state index contributed by atoms with van der Waals surface area (Å²) in [7, 11) is 0. The molecule has 2 nitrogen and oxygen atoms in total. The molecule has 0 aliphatic rings. The summed E-state index contributed by atoms with van der Waals surface area (Å²) in [5.74, 6) is 0. The predicted octanol–water partition coefficient (Wildman–Crippen LogP) is 6.26. The highest BCUT2D eigenvalue weighted by molar-refractivity contribution is 7.98. The number of para-hydroxylation sites is 1. The SMILES string of the molecule is CSc1ncccc1-c1cc2[nH]c3ccccc3c2c2ccccc12. The fourth-order valence-electron chi connectivity index (χ4n) is 3.70. The molecule has 0 unspecified atom stereocenters. The van der Waals surface area contributed by atoms with E-state index in [1.54, 1.807) is 11.8 Å². The Balaban J connectivity index is 1.98. The molecule has 0 spiro atoms. The van der Waals surface area contributed by atoms with Crippen LogP contribution >= 0.6 is 11.8 Å². The van der Waals surface area contributed by atoms with Crippen molar-refractivity contribution in [3.8, 4) is 11.1 Å². The molecule has 120 valence electrons. The number of hydrogen-bond donors (Lipinski definition) is 1. The van der Waals surface area contributed by atoms with Crippen molar-refractivity contribution in [3.05, 3.63) is 72.9 Å². The van der Waals surface area contributed by atoms with Crippen LogP contribution in [0.1, 0.15) is 0 Å². The van der Waals surface area contributed by atoms with Gasteiger partial charge >= 0.3 is 0 Å². The Morgan fingerprint density at radius 1 is 0.760 bits per heavy atom. The van der Waals surface area contributed by atoms with Gasteiger partial charge in [0.25, 0.3) is 0 Å². The van der Waals surface area contributed by atoms with E-state index in [9.17, 15) is 0 Å². The van der Waals surface area contributed by atoms with Crippen molar-refractivity contribution in [2.75, 3.05) is 6.26 Å². The summed E-state index contributed by atoms with van der Waals surface area (Å²) in [4.78, 5) is 8.15. The Kier molecular flexibility index (Phi) is 3.28. The van der Waals surface area contributed by atoms with Gasteiger partial charge in [-0.05, 0) is 40.8 Å². The van der Waals surface area contributed by atoms with Crippen LogP contribution in [-0.2, 0) is 0 Å². The standard InChI is InChI=1S/C22H16N2S/c1-25-22-16(10-6-12-23-22)18-13-20-21(15-8-3-2-7-14(15)18)17-9-4-5-11-19(17)24-20/h2-13,24H,1H3. The van der Waals surface area contributed by atoms with E-state index in [0.717, 1.165) is 5.03 Å². The van der Waals surface area contributed by atoms with Crippen LogP contribution < -0.4 is 0 Å². The van der Waals surface area contributed by atoms with Gasteiger partial charge in [0.15, 0.2) is 0 Å². The lowest BCUT2D eigenvalue weighted by Crippen LogP contribution is -1.88.